The molecule has 7 heteroatoms. The van der Waals surface area contributed by atoms with Crippen LogP contribution in [-0.2, 0) is 11.8 Å². The summed E-state index contributed by atoms with van der Waals surface area (Å²) in [5.74, 6) is -0.0173. The number of fused-ring (bicyclic) bond motifs is 1. The molecule has 2 aromatic rings. The molecule has 2 aliphatic rings. The van der Waals surface area contributed by atoms with Gasteiger partial charge in [-0.2, -0.15) is 0 Å². The van der Waals surface area contributed by atoms with E-state index in [9.17, 15) is 9.59 Å². The Morgan fingerprint density at radius 1 is 1.22 bits per heavy atom. The molecule has 0 N–H and O–H groups in total. The molecule has 2 saturated heterocycles. The van der Waals surface area contributed by atoms with Crippen molar-refractivity contribution in [2.45, 2.75) is 25.4 Å². The molecule has 7 nitrogen and oxygen atoms in total. The highest BCUT2D eigenvalue weighted by atomic mass is 16.5. The largest absolute Gasteiger partial charge is 0.375 e. The lowest BCUT2D eigenvalue weighted by atomic mass is 10.1. The fourth-order valence-corrected chi connectivity index (χ4v) is 3.97. The summed E-state index contributed by atoms with van der Waals surface area (Å²) in [5.41, 5.74) is 1.03. The van der Waals surface area contributed by atoms with Gasteiger partial charge in [-0.25, -0.2) is 4.98 Å². The first-order valence-corrected chi connectivity index (χ1v) is 9.70. The first-order valence-electron chi connectivity index (χ1n) is 9.70. The minimum absolute atomic E-state index is 0.0173. The number of rotatable bonds is 3. The van der Waals surface area contributed by atoms with Crippen LogP contribution in [0.25, 0.3) is 10.9 Å². The topological polar surface area (TPSA) is 67.7 Å². The van der Waals surface area contributed by atoms with E-state index in [1.54, 1.807) is 25.2 Å². The maximum Gasteiger partial charge on any atom is 0.260 e. The molecule has 1 atom stereocenters. The summed E-state index contributed by atoms with van der Waals surface area (Å²) < 4.78 is 7.43. The number of benzene rings is 1. The van der Waals surface area contributed by atoms with Crippen molar-refractivity contribution in [1.82, 2.24) is 19.4 Å². The number of aromatic nitrogens is 2. The molecule has 1 unspecified atom stereocenters. The third-order valence-electron chi connectivity index (χ3n) is 5.46. The van der Waals surface area contributed by atoms with Gasteiger partial charge in [0.15, 0.2) is 0 Å². The van der Waals surface area contributed by atoms with Crippen LogP contribution in [0.5, 0.6) is 0 Å². The maximum atomic E-state index is 13.1. The molecular formula is C20H26N4O3. The number of hydrogen-bond donors (Lipinski definition) is 0. The molecule has 2 aliphatic heterocycles. The smallest absolute Gasteiger partial charge is 0.260 e. The van der Waals surface area contributed by atoms with Gasteiger partial charge in [0.25, 0.3) is 11.5 Å². The second kappa shape index (κ2) is 7.78. The molecule has 1 aromatic carbocycles. The standard InChI is InChI=1S/C20H26N4O3/c1-22-14-21-18-11-15(5-6-17(18)20(22)26)19(25)24-9-4-10-27-16(13-24)12-23-7-2-3-8-23/h5-6,11,14,16H,2-4,7-10,12-13H2,1H3. The minimum atomic E-state index is -0.104. The molecule has 144 valence electrons. The van der Waals surface area contributed by atoms with Crippen LogP contribution < -0.4 is 5.56 Å². The van der Waals surface area contributed by atoms with Gasteiger partial charge in [0.1, 0.15) is 0 Å². The van der Waals surface area contributed by atoms with Gasteiger partial charge in [0, 0.05) is 38.9 Å². The maximum absolute atomic E-state index is 13.1. The van der Waals surface area contributed by atoms with Crippen LogP contribution in [-0.4, -0.2) is 70.7 Å². The highest BCUT2D eigenvalue weighted by molar-refractivity contribution is 5.97. The predicted molar refractivity (Wildman–Crippen MR) is 103 cm³/mol. The molecule has 4 rings (SSSR count). The van der Waals surface area contributed by atoms with Gasteiger partial charge in [-0.15, -0.1) is 0 Å². The number of nitrogens with zero attached hydrogens (tertiary/aromatic N) is 4. The third kappa shape index (κ3) is 3.89. The molecule has 0 spiro atoms. The summed E-state index contributed by atoms with van der Waals surface area (Å²) in [6.45, 7) is 5.13. The van der Waals surface area contributed by atoms with Gasteiger partial charge in [0.2, 0.25) is 0 Å². The van der Waals surface area contributed by atoms with Crippen LogP contribution in [0.1, 0.15) is 29.6 Å². The van der Waals surface area contributed by atoms with E-state index in [1.807, 2.05) is 4.90 Å². The van der Waals surface area contributed by atoms with E-state index in [4.69, 9.17) is 4.74 Å². The Kier molecular flexibility index (Phi) is 5.22. The number of aryl methyl sites for hydroxylation is 1. The lowest BCUT2D eigenvalue weighted by Crippen LogP contribution is -2.41. The van der Waals surface area contributed by atoms with Crippen LogP contribution in [0, 0.1) is 0 Å². The molecule has 0 saturated carbocycles. The van der Waals surface area contributed by atoms with Crippen LogP contribution in [0.2, 0.25) is 0 Å². The molecular weight excluding hydrogens is 344 g/mol. The van der Waals surface area contributed by atoms with Gasteiger partial charge in [-0.1, -0.05) is 0 Å². The van der Waals surface area contributed by atoms with Gasteiger partial charge in [-0.05, 0) is 50.6 Å². The number of ether oxygens (including phenoxy) is 1. The molecule has 3 heterocycles. The monoisotopic (exact) mass is 370 g/mol. The van der Waals surface area contributed by atoms with Gasteiger partial charge < -0.3 is 19.1 Å². The fraction of sp³-hybridized carbons (Fsp3) is 0.550. The van der Waals surface area contributed by atoms with Crippen LogP contribution >= 0.6 is 0 Å². The summed E-state index contributed by atoms with van der Waals surface area (Å²) in [6, 6.07) is 5.16. The molecule has 2 fully saturated rings. The average molecular weight is 370 g/mol. The van der Waals surface area contributed by atoms with E-state index in [0.29, 0.717) is 36.2 Å². The number of hydrogen-bond acceptors (Lipinski definition) is 5. The van der Waals surface area contributed by atoms with Gasteiger partial charge in [-0.3, -0.25) is 9.59 Å². The van der Waals surface area contributed by atoms with Crippen molar-refractivity contribution < 1.29 is 9.53 Å². The molecule has 0 aliphatic carbocycles. The lowest BCUT2D eigenvalue weighted by Gasteiger charge is -2.27. The van der Waals surface area contributed by atoms with Gasteiger partial charge in [0.05, 0.1) is 23.3 Å². The van der Waals surface area contributed by atoms with Crippen molar-refractivity contribution in [2.24, 2.45) is 7.05 Å². The van der Waals surface area contributed by atoms with Crippen molar-refractivity contribution in [3.8, 4) is 0 Å². The molecule has 0 radical (unpaired) electrons. The van der Waals surface area contributed by atoms with Crippen molar-refractivity contribution in [1.29, 1.82) is 0 Å². The first kappa shape index (κ1) is 18.1. The quantitative estimate of drug-likeness (QED) is 0.814. The summed E-state index contributed by atoms with van der Waals surface area (Å²) in [7, 11) is 1.67. The van der Waals surface area contributed by atoms with Crippen LogP contribution in [0.3, 0.4) is 0 Å². The molecule has 0 bridgehead atoms. The van der Waals surface area contributed by atoms with E-state index in [1.165, 1.54) is 23.7 Å². The van der Waals surface area contributed by atoms with E-state index >= 15 is 0 Å². The lowest BCUT2D eigenvalue weighted by molar-refractivity contribution is 0.0297. The highest BCUT2D eigenvalue weighted by Gasteiger charge is 2.26. The number of likely N-dealkylation sites (tertiary alicyclic amines) is 1. The summed E-state index contributed by atoms with van der Waals surface area (Å²) in [4.78, 5) is 33.8. The van der Waals surface area contributed by atoms with E-state index < -0.39 is 0 Å². The zero-order chi connectivity index (χ0) is 18.8. The highest BCUT2D eigenvalue weighted by Crippen LogP contribution is 2.16. The van der Waals surface area contributed by atoms with Gasteiger partial charge >= 0.3 is 0 Å². The number of carbonyl (C=O) groups excluding carboxylic acids is 1. The zero-order valence-corrected chi connectivity index (χ0v) is 15.8. The van der Waals surface area contributed by atoms with Crippen LogP contribution in [0.15, 0.2) is 29.3 Å². The molecule has 27 heavy (non-hydrogen) atoms. The van der Waals surface area contributed by atoms with E-state index in [2.05, 4.69) is 9.88 Å². The second-order valence-electron chi connectivity index (χ2n) is 7.50. The van der Waals surface area contributed by atoms with Crippen molar-refractivity contribution in [3.63, 3.8) is 0 Å². The zero-order valence-electron chi connectivity index (χ0n) is 15.8. The second-order valence-corrected chi connectivity index (χ2v) is 7.50. The van der Waals surface area contributed by atoms with Crippen molar-refractivity contribution in [2.75, 3.05) is 39.3 Å². The SMILES string of the molecule is Cn1cnc2cc(C(=O)N3CCCOC(CN4CCCC4)C3)ccc2c1=O. The normalized spacial score (nSPS) is 21.5. The summed E-state index contributed by atoms with van der Waals surface area (Å²) >= 11 is 0. The predicted octanol–water partition coefficient (Wildman–Crippen LogP) is 1.26. The Hall–Kier alpha value is -2.25. The summed E-state index contributed by atoms with van der Waals surface area (Å²) in [6.07, 6.45) is 4.89. The Labute approximate surface area is 158 Å². The van der Waals surface area contributed by atoms with E-state index in [-0.39, 0.29) is 17.6 Å². The minimum Gasteiger partial charge on any atom is -0.375 e. The molecule has 1 aromatic heterocycles. The fourth-order valence-electron chi connectivity index (χ4n) is 3.97. The summed E-state index contributed by atoms with van der Waals surface area (Å²) in [5, 5.41) is 0.530. The Morgan fingerprint density at radius 3 is 2.85 bits per heavy atom. The Bertz CT molecular complexity index is 888. The third-order valence-corrected chi connectivity index (χ3v) is 5.46. The number of amides is 1. The molecule has 1 amide bonds. The first-order chi connectivity index (χ1) is 13.1. The van der Waals surface area contributed by atoms with Crippen molar-refractivity contribution >= 4 is 16.8 Å². The Balaban J connectivity index is 1.52. The van der Waals surface area contributed by atoms with E-state index in [0.717, 1.165) is 26.1 Å². The average Bonchev–Trinajstić information content (AvgIpc) is 3.08. The number of carbonyl (C=O) groups is 1. The Morgan fingerprint density at radius 2 is 2.04 bits per heavy atom. The van der Waals surface area contributed by atoms with Crippen molar-refractivity contribution in [3.05, 3.63) is 40.4 Å². The van der Waals surface area contributed by atoms with Crippen LogP contribution in [0.4, 0.5) is 0 Å².